The topological polar surface area (TPSA) is 87.2 Å². The number of ether oxygens (including phenoxy) is 1. The molecule has 0 bridgehead atoms. The summed E-state index contributed by atoms with van der Waals surface area (Å²) in [6.45, 7) is 3.78. The second-order valence-corrected chi connectivity index (χ2v) is 7.68. The van der Waals surface area contributed by atoms with Crippen LogP contribution in [0.15, 0.2) is 28.1 Å². The van der Waals surface area contributed by atoms with Crippen molar-refractivity contribution >= 4 is 40.1 Å². The quantitative estimate of drug-likeness (QED) is 0.845. The van der Waals surface area contributed by atoms with Crippen molar-refractivity contribution in [3.05, 3.63) is 39.8 Å². The van der Waals surface area contributed by atoms with Gasteiger partial charge in [-0.25, -0.2) is 14.0 Å². The van der Waals surface area contributed by atoms with Gasteiger partial charge in [0.25, 0.3) is 0 Å². The van der Waals surface area contributed by atoms with E-state index in [0.29, 0.717) is 31.5 Å². The van der Waals surface area contributed by atoms with Crippen molar-refractivity contribution in [1.29, 1.82) is 0 Å². The number of aromatic nitrogens is 2. The molecule has 2 aromatic rings. The van der Waals surface area contributed by atoms with Crippen LogP contribution in [-0.2, 0) is 29.2 Å². The predicted molar refractivity (Wildman–Crippen MR) is 92.8 cm³/mol. The molecule has 0 saturated heterocycles. The van der Waals surface area contributed by atoms with Crippen molar-refractivity contribution in [2.75, 3.05) is 0 Å². The average Bonchev–Trinajstić information content (AvgIpc) is 2.80. The van der Waals surface area contributed by atoms with E-state index in [-0.39, 0.29) is 12.5 Å². The Labute approximate surface area is 152 Å². The van der Waals surface area contributed by atoms with Crippen LogP contribution < -0.4 is 5.73 Å². The third-order valence-electron chi connectivity index (χ3n) is 3.28. The highest BCUT2D eigenvalue weighted by molar-refractivity contribution is 7.85. The van der Waals surface area contributed by atoms with Gasteiger partial charge in [0.1, 0.15) is 21.6 Å². The zero-order valence-electron chi connectivity index (χ0n) is 13.4. The summed E-state index contributed by atoms with van der Waals surface area (Å²) in [7, 11) is 0.162. The van der Waals surface area contributed by atoms with Gasteiger partial charge in [0.2, 0.25) is 0 Å². The van der Waals surface area contributed by atoms with Crippen LogP contribution in [0, 0.1) is 0 Å². The molecule has 0 aliphatic carbocycles. The summed E-state index contributed by atoms with van der Waals surface area (Å²) in [6.07, 6.45) is -0.895. The Morgan fingerprint density at radius 2 is 1.92 bits per heavy atom. The second kappa shape index (κ2) is 7.55. The molecular formula is C15H17Cl2N3O3S. The molecule has 1 aromatic heterocycles. The molecule has 1 heterocycles. The van der Waals surface area contributed by atoms with Crippen LogP contribution in [0.4, 0.5) is 4.79 Å². The van der Waals surface area contributed by atoms with Crippen molar-refractivity contribution in [2.45, 2.75) is 36.3 Å². The van der Waals surface area contributed by atoms with Gasteiger partial charge in [-0.1, -0.05) is 37.0 Å². The van der Waals surface area contributed by atoms with Crippen LogP contribution >= 0.6 is 23.2 Å². The molecule has 0 aliphatic rings. The Kier molecular flexibility index (Phi) is 5.90. The van der Waals surface area contributed by atoms with Crippen LogP contribution in [0.25, 0.3) is 0 Å². The summed E-state index contributed by atoms with van der Waals surface area (Å²) in [6, 6.07) is 4.77. The van der Waals surface area contributed by atoms with Gasteiger partial charge >= 0.3 is 6.09 Å². The first-order valence-electron chi connectivity index (χ1n) is 7.06. The van der Waals surface area contributed by atoms with E-state index >= 15 is 0 Å². The number of carbonyl (C=O) groups is 1. The zero-order chi connectivity index (χ0) is 18.0. The number of imidazole rings is 1. The average molecular weight is 390 g/mol. The van der Waals surface area contributed by atoms with E-state index in [9.17, 15) is 9.00 Å². The molecule has 2 rings (SSSR count). The minimum Gasteiger partial charge on any atom is -0.442 e. The van der Waals surface area contributed by atoms with E-state index in [0.717, 1.165) is 0 Å². The number of benzene rings is 1. The fraction of sp³-hybridized carbons (Fsp3) is 0.333. The molecule has 1 atom stereocenters. The fourth-order valence-corrected chi connectivity index (χ4v) is 4.33. The number of hydrogen-bond donors (Lipinski definition) is 1. The third kappa shape index (κ3) is 4.09. The van der Waals surface area contributed by atoms with Gasteiger partial charge in [-0.15, -0.1) is 0 Å². The summed E-state index contributed by atoms with van der Waals surface area (Å²) in [5.74, 6) is 0.473. The molecule has 0 aliphatic heterocycles. The van der Waals surface area contributed by atoms with Gasteiger partial charge in [-0.3, -0.25) is 0 Å². The smallest absolute Gasteiger partial charge is 0.404 e. The third-order valence-corrected chi connectivity index (χ3v) is 5.21. The van der Waals surface area contributed by atoms with Crippen LogP contribution in [0.1, 0.15) is 31.3 Å². The molecule has 1 amide bonds. The highest BCUT2D eigenvalue weighted by Crippen LogP contribution is 2.29. The Hall–Kier alpha value is -1.57. The van der Waals surface area contributed by atoms with E-state index in [1.807, 2.05) is 13.8 Å². The maximum Gasteiger partial charge on any atom is 0.404 e. The van der Waals surface area contributed by atoms with Gasteiger partial charge in [-0.2, -0.15) is 0 Å². The molecule has 0 radical (unpaired) electrons. The molecule has 0 fully saturated rings. The van der Waals surface area contributed by atoms with E-state index in [2.05, 4.69) is 4.98 Å². The number of halogens is 2. The monoisotopic (exact) mass is 389 g/mol. The maximum atomic E-state index is 13.0. The van der Waals surface area contributed by atoms with Crippen molar-refractivity contribution in [3.63, 3.8) is 0 Å². The van der Waals surface area contributed by atoms with Gasteiger partial charge in [0.15, 0.2) is 6.61 Å². The molecular weight excluding hydrogens is 373 g/mol. The maximum absolute atomic E-state index is 13.0. The minimum atomic E-state index is -1.54. The molecule has 6 nitrogen and oxygen atoms in total. The Bertz CT molecular complexity index is 785. The van der Waals surface area contributed by atoms with E-state index < -0.39 is 16.9 Å². The minimum absolute atomic E-state index is 0.0205. The molecule has 0 saturated carbocycles. The van der Waals surface area contributed by atoms with E-state index in [1.165, 1.54) is 0 Å². The zero-order valence-corrected chi connectivity index (χ0v) is 15.7. The lowest BCUT2D eigenvalue weighted by Crippen LogP contribution is -2.14. The molecule has 24 heavy (non-hydrogen) atoms. The SMILES string of the molecule is CC(C)c1nc(COC(N)=O)n(C)c1S(=O)c1cc(Cl)cc(Cl)c1. The number of carbonyl (C=O) groups excluding carboxylic acids is 1. The Balaban J connectivity index is 2.51. The largest absolute Gasteiger partial charge is 0.442 e. The van der Waals surface area contributed by atoms with Crippen LogP contribution in [0.5, 0.6) is 0 Å². The van der Waals surface area contributed by atoms with Crippen LogP contribution in [0.2, 0.25) is 10.0 Å². The van der Waals surface area contributed by atoms with Crippen molar-refractivity contribution in [2.24, 2.45) is 12.8 Å². The first-order chi connectivity index (χ1) is 11.2. The summed E-state index contributed by atoms with van der Waals surface area (Å²) in [4.78, 5) is 15.7. The molecule has 0 spiro atoms. The first kappa shape index (κ1) is 18.8. The number of amides is 1. The molecule has 1 unspecified atom stereocenters. The van der Waals surface area contributed by atoms with E-state index in [1.54, 1.807) is 29.8 Å². The summed E-state index contributed by atoms with van der Waals surface area (Å²) < 4.78 is 19.5. The first-order valence-corrected chi connectivity index (χ1v) is 8.96. The van der Waals surface area contributed by atoms with Crippen LogP contribution in [-0.4, -0.2) is 19.9 Å². The van der Waals surface area contributed by atoms with Crippen molar-refractivity contribution < 1.29 is 13.7 Å². The van der Waals surface area contributed by atoms with E-state index in [4.69, 9.17) is 33.7 Å². The summed E-state index contributed by atoms with van der Waals surface area (Å²) >= 11 is 12.0. The van der Waals surface area contributed by atoms with Gasteiger partial charge < -0.3 is 15.0 Å². The number of rotatable bonds is 5. The number of nitrogens with two attached hydrogens (primary N) is 1. The highest BCUT2D eigenvalue weighted by atomic mass is 35.5. The highest BCUT2D eigenvalue weighted by Gasteiger charge is 2.24. The lowest BCUT2D eigenvalue weighted by Gasteiger charge is -2.10. The number of nitrogens with zero attached hydrogens (tertiary/aromatic N) is 2. The van der Waals surface area contributed by atoms with Crippen molar-refractivity contribution in [1.82, 2.24) is 9.55 Å². The van der Waals surface area contributed by atoms with Crippen LogP contribution in [0.3, 0.4) is 0 Å². The van der Waals surface area contributed by atoms with Crippen molar-refractivity contribution in [3.8, 4) is 0 Å². The second-order valence-electron chi connectivity index (χ2n) is 5.41. The molecule has 130 valence electrons. The molecule has 2 N–H and O–H groups in total. The normalized spacial score (nSPS) is 12.4. The lowest BCUT2D eigenvalue weighted by atomic mass is 10.2. The standard InChI is InChI=1S/C15H17Cl2N3O3S/c1-8(2)13-14(20(3)12(19-13)7-23-15(18)21)24(22)11-5-9(16)4-10(17)6-11/h4-6,8H,7H2,1-3H3,(H2,18,21). The lowest BCUT2D eigenvalue weighted by molar-refractivity contribution is 0.146. The Morgan fingerprint density at radius 1 is 1.33 bits per heavy atom. The summed E-state index contributed by atoms with van der Waals surface area (Å²) in [5.41, 5.74) is 5.64. The van der Waals surface area contributed by atoms with Gasteiger partial charge in [-0.05, 0) is 24.1 Å². The van der Waals surface area contributed by atoms with Gasteiger partial charge in [0.05, 0.1) is 5.69 Å². The van der Waals surface area contributed by atoms with Gasteiger partial charge in [0, 0.05) is 22.0 Å². The Morgan fingerprint density at radius 3 is 2.42 bits per heavy atom. The fourth-order valence-electron chi connectivity index (χ4n) is 2.16. The summed E-state index contributed by atoms with van der Waals surface area (Å²) in [5, 5.41) is 1.30. The predicted octanol–water partition coefficient (Wildman–Crippen LogP) is 3.61. The molecule has 1 aromatic carbocycles. The number of primary amides is 1. The molecule has 9 heteroatoms. The number of hydrogen-bond acceptors (Lipinski definition) is 4.